The summed E-state index contributed by atoms with van der Waals surface area (Å²) in [5, 5.41) is 12.0. The lowest BCUT2D eigenvalue weighted by Crippen LogP contribution is -2.38. The van der Waals surface area contributed by atoms with Crippen LogP contribution >= 0.6 is 0 Å². The fraction of sp³-hybridized carbons (Fsp3) is 0.385. The number of fused-ring (bicyclic) bond motifs is 1. The SMILES string of the molecule is CC(O)COc1ccc2ccccc2c1Cc1ccc(OCCN2CCOCC2)cc1. The molecular weight excluding hydrogens is 390 g/mol. The molecular formula is C26H31NO4. The van der Waals surface area contributed by atoms with Gasteiger partial charge in [0.15, 0.2) is 0 Å². The van der Waals surface area contributed by atoms with Gasteiger partial charge in [0.25, 0.3) is 0 Å². The van der Waals surface area contributed by atoms with Gasteiger partial charge in [0.05, 0.1) is 19.3 Å². The van der Waals surface area contributed by atoms with Gasteiger partial charge in [0.2, 0.25) is 0 Å². The molecule has 0 amide bonds. The van der Waals surface area contributed by atoms with Crippen molar-refractivity contribution in [2.75, 3.05) is 46.1 Å². The van der Waals surface area contributed by atoms with Gasteiger partial charge < -0.3 is 19.3 Å². The Hall–Kier alpha value is -2.60. The van der Waals surface area contributed by atoms with Crippen LogP contribution in [0.4, 0.5) is 0 Å². The molecule has 1 atom stereocenters. The third kappa shape index (κ3) is 5.97. The number of morpholine rings is 1. The largest absolute Gasteiger partial charge is 0.492 e. The van der Waals surface area contributed by atoms with Crippen LogP contribution in [-0.4, -0.2) is 62.2 Å². The van der Waals surface area contributed by atoms with E-state index in [1.54, 1.807) is 6.92 Å². The van der Waals surface area contributed by atoms with Crippen LogP contribution in [-0.2, 0) is 11.2 Å². The van der Waals surface area contributed by atoms with Crippen LogP contribution in [0.15, 0.2) is 60.7 Å². The van der Waals surface area contributed by atoms with Gasteiger partial charge >= 0.3 is 0 Å². The molecule has 1 heterocycles. The number of hydrogen-bond acceptors (Lipinski definition) is 5. The van der Waals surface area contributed by atoms with Gasteiger partial charge in [0.1, 0.15) is 24.7 Å². The predicted molar refractivity (Wildman–Crippen MR) is 123 cm³/mol. The van der Waals surface area contributed by atoms with Gasteiger partial charge in [-0.25, -0.2) is 0 Å². The van der Waals surface area contributed by atoms with Crippen molar-refractivity contribution in [2.45, 2.75) is 19.4 Å². The normalized spacial score (nSPS) is 15.7. The maximum atomic E-state index is 9.64. The van der Waals surface area contributed by atoms with E-state index in [1.165, 1.54) is 16.3 Å². The third-order valence-corrected chi connectivity index (χ3v) is 5.56. The highest BCUT2D eigenvalue weighted by molar-refractivity contribution is 5.88. The van der Waals surface area contributed by atoms with Crippen LogP contribution in [0.5, 0.6) is 11.5 Å². The Labute approximate surface area is 184 Å². The molecule has 1 saturated heterocycles. The highest BCUT2D eigenvalue weighted by Gasteiger charge is 2.12. The number of nitrogens with zero attached hydrogens (tertiary/aromatic N) is 1. The summed E-state index contributed by atoms with van der Waals surface area (Å²) < 4.78 is 17.2. The predicted octanol–water partition coefficient (Wildman–Crippen LogP) is 3.90. The highest BCUT2D eigenvalue weighted by Crippen LogP contribution is 2.31. The van der Waals surface area contributed by atoms with Crippen LogP contribution in [0.1, 0.15) is 18.1 Å². The zero-order valence-electron chi connectivity index (χ0n) is 18.1. The van der Waals surface area contributed by atoms with Crippen molar-refractivity contribution in [3.63, 3.8) is 0 Å². The summed E-state index contributed by atoms with van der Waals surface area (Å²) in [6, 6.07) is 20.7. The van der Waals surface area contributed by atoms with Gasteiger partial charge in [-0.3, -0.25) is 4.90 Å². The lowest BCUT2D eigenvalue weighted by Gasteiger charge is -2.26. The Bertz CT molecular complexity index is 965. The van der Waals surface area contributed by atoms with E-state index in [0.29, 0.717) is 6.61 Å². The number of ether oxygens (including phenoxy) is 3. The molecule has 1 fully saturated rings. The molecule has 5 nitrogen and oxygen atoms in total. The topological polar surface area (TPSA) is 51.2 Å². The molecule has 1 aliphatic heterocycles. The molecule has 3 aromatic rings. The summed E-state index contributed by atoms with van der Waals surface area (Å²) in [6.07, 6.45) is 0.248. The minimum Gasteiger partial charge on any atom is -0.492 e. The molecule has 164 valence electrons. The standard InChI is InChI=1S/C26H31NO4/c1-20(28)19-31-26-11-8-22-4-2-3-5-24(22)25(26)18-21-6-9-23(10-7-21)30-17-14-27-12-15-29-16-13-27/h2-11,20,28H,12-19H2,1H3. The van der Waals surface area contributed by atoms with Gasteiger partial charge in [-0.05, 0) is 41.5 Å². The van der Waals surface area contributed by atoms with Crippen LogP contribution in [0, 0.1) is 0 Å². The molecule has 1 aliphatic rings. The fourth-order valence-electron chi connectivity index (χ4n) is 3.87. The fourth-order valence-corrected chi connectivity index (χ4v) is 3.87. The van der Waals surface area contributed by atoms with E-state index < -0.39 is 6.10 Å². The van der Waals surface area contributed by atoms with E-state index in [0.717, 1.165) is 56.3 Å². The van der Waals surface area contributed by atoms with Gasteiger partial charge in [0, 0.05) is 31.6 Å². The second-order valence-corrected chi connectivity index (χ2v) is 8.05. The molecule has 0 bridgehead atoms. The van der Waals surface area contributed by atoms with E-state index in [-0.39, 0.29) is 6.61 Å². The number of aliphatic hydroxyl groups excluding tert-OH is 1. The smallest absolute Gasteiger partial charge is 0.123 e. The molecule has 0 radical (unpaired) electrons. The van der Waals surface area contributed by atoms with Crippen molar-refractivity contribution in [3.8, 4) is 11.5 Å². The quantitative estimate of drug-likeness (QED) is 0.568. The molecule has 3 aromatic carbocycles. The first-order chi connectivity index (χ1) is 15.2. The van der Waals surface area contributed by atoms with E-state index in [9.17, 15) is 5.11 Å². The maximum Gasteiger partial charge on any atom is 0.123 e. The van der Waals surface area contributed by atoms with Crippen molar-refractivity contribution in [1.82, 2.24) is 4.90 Å². The average Bonchev–Trinajstić information content (AvgIpc) is 2.80. The van der Waals surface area contributed by atoms with Crippen molar-refractivity contribution in [2.24, 2.45) is 0 Å². The molecule has 4 rings (SSSR count). The zero-order chi connectivity index (χ0) is 21.5. The second kappa shape index (κ2) is 10.6. The van der Waals surface area contributed by atoms with Crippen LogP contribution in [0.25, 0.3) is 10.8 Å². The number of hydrogen-bond donors (Lipinski definition) is 1. The van der Waals surface area contributed by atoms with E-state index in [1.807, 2.05) is 24.3 Å². The molecule has 5 heteroatoms. The first kappa shape index (κ1) is 21.6. The summed E-state index contributed by atoms with van der Waals surface area (Å²) in [6.45, 7) is 7.20. The Kier molecular flexibility index (Phi) is 7.41. The molecule has 0 saturated carbocycles. The second-order valence-electron chi connectivity index (χ2n) is 8.05. The molecule has 1 N–H and O–H groups in total. The van der Waals surface area contributed by atoms with E-state index >= 15 is 0 Å². The molecule has 0 spiro atoms. The monoisotopic (exact) mass is 421 g/mol. The summed E-state index contributed by atoms with van der Waals surface area (Å²) in [7, 11) is 0. The summed E-state index contributed by atoms with van der Waals surface area (Å²) >= 11 is 0. The first-order valence-corrected chi connectivity index (χ1v) is 11.0. The van der Waals surface area contributed by atoms with Crippen LogP contribution in [0.2, 0.25) is 0 Å². The average molecular weight is 422 g/mol. The minimum atomic E-state index is -0.506. The Morgan fingerprint density at radius 2 is 1.74 bits per heavy atom. The summed E-state index contributed by atoms with van der Waals surface area (Å²) in [4.78, 5) is 2.37. The highest BCUT2D eigenvalue weighted by atomic mass is 16.5. The minimum absolute atomic E-state index is 0.279. The first-order valence-electron chi connectivity index (χ1n) is 11.0. The zero-order valence-corrected chi connectivity index (χ0v) is 18.1. The third-order valence-electron chi connectivity index (χ3n) is 5.56. The van der Waals surface area contributed by atoms with Crippen molar-refractivity contribution < 1.29 is 19.3 Å². The number of benzene rings is 3. The summed E-state index contributed by atoms with van der Waals surface area (Å²) in [5.74, 6) is 1.71. The molecule has 31 heavy (non-hydrogen) atoms. The number of rotatable bonds is 9. The van der Waals surface area contributed by atoms with Gasteiger partial charge in [-0.15, -0.1) is 0 Å². The molecule has 0 aliphatic carbocycles. The van der Waals surface area contributed by atoms with E-state index in [4.69, 9.17) is 14.2 Å². The maximum absolute atomic E-state index is 9.64. The van der Waals surface area contributed by atoms with Gasteiger partial charge in [-0.2, -0.15) is 0 Å². The Balaban J connectivity index is 1.43. The van der Waals surface area contributed by atoms with Crippen LogP contribution in [0.3, 0.4) is 0 Å². The lowest BCUT2D eigenvalue weighted by atomic mass is 9.97. The lowest BCUT2D eigenvalue weighted by molar-refractivity contribution is 0.0322. The van der Waals surface area contributed by atoms with Crippen molar-refractivity contribution in [3.05, 3.63) is 71.8 Å². The molecule has 0 aromatic heterocycles. The Morgan fingerprint density at radius 1 is 0.968 bits per heavy atom. The van der Waals surface area contributed by atoms with Crippen molar-refractivity contribution >= 4 is 10.8 Å². The van der Waals surface area contributed by atoms with E-state index in [2.05, 4.69) is 41.3 Å². The summed E-state index contributed by atoms with van der Waals surface area (Å²) in [5.41, 5.74) is 2.33. The van der Waals surface area contributed by atoms with Gasteiger partial charge in [-0.1, -0.05) is 42.5 Å². The number of aliphatic hydroxyl groups is 1. The molecule has 1 unspecified atom stereocenters. The Morgan fingerprint density at radius 3 is 2.52 bits per heavy atom. The van der Waals surface area contributed by atoms with Crippen LogP contribution < -0.4 is 9.47 Å². The van der Waals surface area contributed by atoms with Crippen molar-refractivity contribution in [1.29, 1.82) is 0 Å².